The average Bonchev–Trinajstić information content (AvgIpc) is 3.57. The maximum atomic E-state index is 14.2. The highest BCUT2D eigenvalue weighted by molar-refractivity contribution is 7.10. The third-order valence-corrected chi connectivity index (χ3v) is 7.87. The number of halogens is 1. The lowest BCUT2D eigenvalue weighted by Gasteiger charge is -2.30. The molecule has 2 amide bonds. The van der Waals surface area contributed by atoms with Gasteiger partial charge in [0.1, 0.15) is 11.9 Å². The minimum Gasteiger partial charge on any atom is -0.480 e. The molecule has 3 aromatic carbocycles. The van der Waals surface area contributed by atoms with Crippen molar-refractivity contribution >= 4 is 34.8 Å². The third kappa shape index (κ3) is 4.82. The zero-order chi connectivity index (χ0) is 26.8. The van der Waals surface area contributed by atoms with Crippen LogP contribution in [0.15, 0.2) is 96.4 Å². The van der Waals surface area contributed by atoms with Crippen molar-refractivity contribution in [3.8, 4) is 0 Å². The Hall–Kier alpha value is -4.30. The van der Waals surface area contributed by atoms with Crippen molar-refractivity contribution in [2.75, 3.05) is 5.32 Å². The van der Waals surface area contributed by atoms with Gasteiger partial charge in [-0.1, -0.05) is 66.2 Å². The minimum atomic E-state index is -1.32. The van der Waals surface area contributed by atoms with Crippen LogP contribution in [-0.4, -0.2) is 33.8 Å². The van der Waals surface area contributed by atoms with Crippen molar-refractivity contribution in [1.29, 1.82) is 0 Å². The fourth-order valence-electron chi connectivity index (χ4n) is 5.21. The molecule has 0 saturated carbocycles. The second-order valence-corrected chi connectivity index (χ2v) is 10.3. The van der Waals surface area contributed by atoms with E-state index < -0.39 is 41.7 Å². The van der Waals surface area contributed by atoms with Gasteiger partial charge in [0, 0.05) is 22.0 Å². The van der Waals surface area contributed by atoms with E-state index in [0.717, 1.165) is 5.56 Å². The summed E-state index contributed by atoms with van der Waals surface area (Å²) in [7, 11) is 0. The van der Waals surface area contributed by atoms with E-state index in [-0.39, 0.29) is 5.78 Å². The molecule has 0 aliphatic carbocycles. The Balaban J connectivity index is 1.67. The van der Waals surface area contributed by atoms with Crippen molar-refractivity contribution in [2.24, 2.45) is 5.92 Å². The van der Waals surface area contributed by atoms with Crippen LogP contribution in [0.1, 0.15) is 38.3 Å². The predicted octanol–water partition coefficient (Wildman–Crippen LogP) is 6.52. The molecule has 0 radical (unpaired) electrons. The predicted molar refractivity (Wildman–Crippen MR) is 144 cm³/mol. The standard InChI is InChI=1S/C30H25FN2O4S/c1-18-9-11-20(12-10-18)28(34)25-24(23-8-5-17-38-23)27(29(35)36)33(26(25)19-6-3-2-4-7-19)30(37)32-22-15-13-21(31)14-16-22/h2-17,24-27H,1H3,(H,32,37)(H,35,36). The Bertz CT molecular complexity index is 1440. The molecule has 1 saturated heterocycles. The number of aliphatic carboxylic acids is 1. The number of nitrogens with one attached hydrogen (secondary N) is 1. The first kappa shape index (κ1) is 25.4. The molecule has 1 aliphatic heterocycles. The molecule has 2 heterocycles. The van der Waals surface area contributed by atoms with Gasteiger partial charge in [0.15, 0.2) is 5.78 Å². The molecule has 1 aliphatic rings. The molecule has 4 atom stereocenters. The molecule has 0 spiro atoms. The number of nitrogens with zero attached hydrogens (tertiary/aromatic N) is 1. The summed E-state index contributed by atoms with van der Waals surface area (Å²) < 4.78 is 13.5. The number of aryl methyl sites for hydroxylation is 1. The quantitative estimate of drug-likeness (QED) is 0.279. The Morgan fingerprint density at radius 3 is 2.18 bits per heavy atom. The van der Waals surface area contributed by atoms with Crippen LogP contribution in [-0.2, 0) is 4.79 Å². The van der Waals surface area contributed by atoms with E-state index in [2.05, 4.69) is 5.32 Å². The van der Waals surface area contributed by atoms with Crippen LogP contribution in [0.3, 0.4) is 0 Å². The molecular formula is C30H25FN2O4S. The summed E-state index contributed by atoms with van der Waals surface area (Å²) in [5.74, 6) is -3.56. The number of ketones is 1. The molecule has 38 heavy (non-hydrogen) atoms. The average molecular weight is 529 g/mol. The van der Waals surface area contributed by atoms with Gasteiger partial charge in [-0.2, -0.15) is 0 Å². The summed E-state index contributed by atoms with van der Waals surface area (Å²) >= 11 is 1.36. The Labute approximate surface area is 223 Å². The Morgan fingerprint density at radius 1 is 0.895 bits per heavy atom. The van der Waals surface area contributed by atoms with E-state index in [4.69, 9.17) is 0 Å². The van der Waals surface area contributed by atoms with Gasteiger partial charge in [0.05, 0.1) is 12.0 Å². The number of rotatable bonds is 6. The number of amides is 2. The van der Waals surface area contributed by atoms with Crippen LogP contribution in [0.4, 0.5) is 14.9 Å². The van der Waals surface area contributed by atoms with Crippen molar-refractivity contribution < 1.29 is 23.9 Å². The zero-order valence-corrected chi connectivity index (χ0v) is 21.3. The molecule has 0 bridgehead atoms. The lowest BCUT2D eigenvalue weighted by atomic mass is 9.78. The van der Waals surface area contributed by atoms with Gasteiger partial charge in [0.25, 0.3) is 0 Å². The van der Waals surface area contributed by atoms with E-state index >= 15 is 0 Å². The molecule has 1 fully saturated rings. The first-order chi connectivity index (χ1) is 18.3. The van der Waals surface area contributed by atoms with Crippen LogP contribution < -0.4 is 5.32 Å². The lowest BCUT2D eigenvalue weighted by molar-refractivity contribution is -0.142. The topological polar surface area (TPSA) is 86.7 Å². The summed E-state index contributed by atoms with van der Waals surface area (Å²) in [4.78, 5) is 42.8. The molecule has 4 unspecified atom stereocenters. The van der Waals surface area contributed by atoms with Gasteiger partial charge in [-0.05, 0) is 48.2 Å². The number of urea groups is 1. The second kappa shape index (κ2) is 10.6. The van der Waals surface area contributed by atoms with Crippen LogP contribution in [0.2, 0.25) is 0 Å². The third-order valence-electron chi connectivity index (χ3n) is 6.90. The van der Waals surface area contributed by atoms with Crippen molar-refractivity contribution in [3.63, 3.8) is 0 Å². The second-order valence-electron chi connectivity index (χ2n) is 9.28. The molecule has 2 N–H and O–H groups in total. The number of Topliss-reactive ketones (excluding diaryl/α,β-unsaturated/α-hetero) is 1. The lowest BCUT2D eigenvalue weighted by Crippen LogP contribution is -2.45. The van der Waals surface area contributed by atoms with Crippen molar-refractivity contribution in [2.45, 2.75) is 24.9 Å². The number of hydrogen-bond donors (Lipinski definition) is 2. The van der Waals surface area contributed by atoms with Crippen LogP contribution >= 0.6 is 11.3 Å². The van der Waals surface area contributed by atoms with Gasteiger partial charge in [-0.25, -0.2) is 14.0 Å². The first-order valence-corrected chi connectivity index (χ1v) is 13.0. The number of carboxylic acids is 1. The zero-order valence-electron chi connectivity index (χ0n) is 20.5. The van der Waals surface area contributed by atoms with Crippen molar-refractivity contribution in [3.05, 3.63) is 124 Å². The maximum absolute atomic E-state index is 14.2. The Kier molecular flexibility index (Phi) is 7.07. The number of thiophene rings is 1. The molecule has 1 aromatic heterocycles. The van der Waals surface area contributed by atoms with E-state index in [9.17, 15) is 23.9 Å². The first-order valence-electron chi connectivity index (χ1n) is 12.1. The number of hydrogen-bond acceptors (Lipinski definition) is 4. The molecule has 6 nitrogen and oxygen atoms in total. The van der Waals surface area contributed by atoms with Crippen LogP contribution in [0.25, 0.3) is 0 Å². The Morgan fingerprint density at radius 2 is 1.58 bits per heavy atom. The molecule has 5 rings (SSSR count). The molecule has 4 aromatic rings. The highest BCUT2D eigenvalue weighted by Gasteiger charge is 2.58. The minimum absolute atomic E-state index is 0.236. The van der Waals surface area contributed by atoms with E-state index in [1.165, 1.54) is 40.5 Å². The van der Waals surface area contributed by atoms with Crippen LogP contribution in [0, 0.1) is 18.7 Å². The molecule has 8 heteroatoms. The fourth-order valence-corrected chi connectivity index (χ4v) is 6.11. The summed E-state index contributed by atoms with van der Waals surface area (Å²) in [5.41, 5.74) is 2.41. The van der Waals surface area contributed by atoms with Gasteiger partial charge >= 0.3 is 12.0 Å². The number of anilines is 1. The number of likely N-dealkylation sites (tertiary alicyclic amines) is 1. The largest absolute Gasteiger partial charge is 0.480 e. The maximum Gasteiger partial charge on any atom is 0.327 e. The van der Waals surface area contributed by atoms with Gasteiger partial charge in [-0.15, -0.1) is 11.3 Å². The van der Waals surface area contributed by atoms with E-state index in [1.54, 1.807) is 36.4 Å². The summed E-state index contributed by atoms with van der Waals surface area (Å²) in [6.07, 6.45) is 0. The summed E-state index contributed by atoms with van der Waals surface area (Å²) in [6, 6.07) is 22.2. The fraction of sp³-hybridized carbons (Fsp3) is 0.167. The number of carboxylic acid groups (broad SMARTS) is 1. The number of carbonyl (C=O) groups excluding carboxylic acids is 2. The van der Waals surface area contributed by atoms with Crippen LogP contribution in [0.5, 0.6) is 0 Å². The molecule has 192 valence electrons. The normalized spacial score (nSPS) is 20.7. The van der Waals surface area contributed by atoms with Crippen molar-refractivity contribution in [1.82, 2.24) is 4.90 Å². The highest BCUT2D eigenvalue weighted by atomic mass is 32.1. The van der Waals surface area contributed by atoms with E-state index in [0.29, 0.717) is 21.7 Å². The highest BCUT2D eigenvalue weighted by Crippen LogP contribution is 2.52. The van der Waals surface area contributed by atoms with Gasteiger partial charge in [0.2, 0.25) is 0 Å². The number of carbonyl (C=O) groups is 3. The SMILES string of the molecule is Cc1ccc(C(=O)C2C(c3cccs3)C(C(=O)O)N(C(=O)Nc3ccc(F)cc3)C2c2ccccc2)cc1. The van der Waals surface area contributed by atoms with Gasteiger partial charge in [-0.3, -0.25) is 4.79 Å². The molecular weight excluding hydrogens is 503 g/mol. The summed E-state index contributed by atoms with van der Waals surface area (Å²) in [5, 5.41) is 15.0. The smallest absolute Gasteiger partial charge is 0.327 e. The van der Waals surface area contributed by atoms with E-state index in [1.807, 2.05) is 42.6 Å². The monoisotopic (exact) mass is 528 g/mol. The van der Waals surface area contributed by atoms with Gasteiger partial charge < -0.3 is 15.3 Å². The number of benzene rings is 3. The summed E-state index contributed by atoms with van der Waals surface area (Å²) in [6.45, 7) is 1.92.